The summed E-state index contributed by atoms with van der Waals surface area (Å²) in [5.41, 5.74) is -0.139. The number of rotatable bonds is 7. The van der Waals surface area contributed by atoms with E-state index in [1.165, 1.54) is 34.6 Å². The maximum atomic E-state index is 9.60. The van der Waals surface area contributed by atoms with Crippen LogP contribution >= 0.6 is 0 Å². The number of carboxylic acids is 3. The fourth-order valence-corrected chi connectivity index (χ4v) is 0.485. The largest absolute Gasteiger partial charge is 0.478 e. The van der Waals surface area contributed by atoms with Gasteiger partial charge in [-0.2, -0.15) is 0 Å². The fourth-order valence-electron chi connectivity index (χ4n) is 0.485. The van der Waals surface area contributed by atoms with Crippen LogP contribution in [0.4, 0.5) is 0 Å². The van der Waals surface area contributed by atoms with Gasteiger partial charge >= 0.3 is 17.9 Å². The second-order valence-electron chi connectivity index (χ2n) is 6.49. The molecule has 0 atom stereocenters. The first-order valence-electron chi connectivity index (χ1n) is 8.87. The third-order valence-corrected chi connectivity index (χ3v) is 2.85. The van der Waals surface area contributed by atoms with E-state index in [9.17, 15) is 19.2 Å². The SMILES string of the molecule is C=C(C)C(=O)O.C=C(C)C(=O)O.C=C(C)C(=O)O.CC(C)=O.CCC(CO)(CO)CO. The average Bonchev–Trinajstić information content (AvgIpc) is 2.65. The van der Waals surface area contributed by atoms with Crippen molar-refractivity contribution in [1.82, 2.24) is 0 Å². The minimum absolute atomic E-state index is 0.156. The molecule has 0 aliphatic carbocycles. The first kappa shape index (κ1) is 38.7. The van der Waals surface area contributed by atoms with Crippen molar-refractivity contribution >= 4 is 23.7 Å². The van der Waals surface area contributed by atoms with E-state index in [1.54, 1.807) is 0 Å². The molecule has 0 radical (unpaired) electrons. The van der Waals surface area contributed by atoms with Gasteiger partial charge in [0.1, 0.15) is 5.78 Å². The summed E-state index contributed by atoms with van der Waals surface area (Å²) >= 11 is 0. The Kier molecular flexibility index (Phi) is 29.3. The zero-order chi connectivity index (χ0) is 26.4. The Hall–Kier alpha value is -2.82. The quantitative estimate of drug-likeness (QED) is 0.312. The van der Waals surface area contributed by atoms with Crippen LogP contribution in [0.2, 0.25) is 0 Å². The number of carbonyl (C=O) groups is 4. The lowest BCUT2D eigenvalue weighted by molar-refractivity contribution is -0.133. The molecule has 0 aromatic carbocycles. The predicted octanol–water partition coefficient (Wildman–Crippen LogP) is 1.90. The summed E-state index contributed by atoms with van der Waals surface area (Å²) in [7, 11) is 0. The van der Waals surface area contributed by atoms with Gasteiger partial charge in [0.15, 0.2) is 0 Å². The maximum Gasteiger partial charge on any atom is 0.330 e. The zero-order valence-corrected chi connectivity index (χ0v) is 19.3. The molecule has 0 amide bonds. The summed E-state index contributed by atoms with van der Waals surface area (Å²) < 4.78 is 0. The minimum Gasteiger partial charge on any atom is -0.478 e. The van der Waals surface area contributed by atoms with Crippen molar-refractivity contribution in [3.05, 3.63) is 36.5 Å². The van der Waals surface area contributed by atoms with E-state index < -0.39 is 23.3 Å². The van der Waals surface area contributed by atoms with Crippen LogP contribution in [0.5, 0.6) is 0 Å². The number of aliphatic hydroxyl groups excluding tert-OH is 3. The van der Waals surface area contributed by atoms with Gasteiger partial charge in [0.25, 0.3) is 0 Å². The van der Waals surface area contributed by atoms with Crippen LogP contribution in [0.1, 0.15) is 48.0 Å². The summed E-state index contributed by atoms with van der Waals surface area (Å²) in [6.45, 7) is 18.2. The molecule has 0 unspecified atom stereocenters. The third-order valence-electron chi connectivity index (χ3n) is 2.85. The van der Waals surface area contributed by atoms with E-state index in [1.807, 2.05) is 6.92 Å². The first-order chi connectivity index (χ1) is 13.9. The summed E-state index contributed by atoms with van der Waals surface area (Å²) in [6, 6.07) is 0. The van der Waals surface area contributed by atoms with Crippen LogP contribution in [-0.2, 0) is 19.2 Å². The van der Waals surface area contributed by atoms with E-state index in [4.69, 9.17) is 30.6 Å². The highest BCUT2D eigenvalue weighted by atomic mass is 16.4. The van der Waals surface area contributed by atoms with Crippen LogP contribution in [0, 0.1) is 5.41 Å². The van der Waals surface area contributed by atoms with E-state index >= 15 is 0 Å². The molecule has 0 aliphatic rings. The molecule has 6 N–H and O–H groups in total. The summed E-state index contributed by atoms with van der Waals surface area (Å²) in [4.78, 5) is 38.2. The predicted molar refractivity (Wildman–Crippen MR) is 118 cm³/mol. The molecule has 0 fully saturated rings. The Balaban J connectivity index is -0.0000000931. The Morgan fingerprint density at radius 2 is 0.742 bits per heavy atom. The Morgan fingerprint density at radius 1 is 0.613 bits per heavy atom. The number of carboxylic acid groups (broad SMARTS) is 3. The van der Waals surface area contributed by atoms with Gasteiger partial charge in [0, 0.05) is 22.1 Å². The molecule has 0 saturated carbocycles. The molecule has 0 saturated heterocycles. The fraction of sp³-hybridized carbons (Fsp3) is 0.524. The zero-order valence-electron chi connectivity index (χ0n) is 19.3. The molecule has 0 aromatic heterocycles. The topological polar surface area (TPSA) is 190 Å². The van der Waals surface area contributed by atoms with Gasteiger partial charge in [-0.25, -0.2) is 14.4 Å². The van der Waals surface area contributed by atoms with Gasteiger partial charge in [-0.3, -0.25) is 0 Å². The number of aliphatic carboxylic acids is 3. The molecule has 0 heterocycles. The molecule has 0 aromatic rings. The Labute approximate surface area is 183 Å². The molecule has 0 bridgehead atoms. The van der Waals surface area contributed by atoms with Crippen LogP contribution in [0.3, 0.4) is 0 Å². The second kappa shape index (κ2) is 23.5. The maximum absolute atomic E-state index is 9.60. The van der Waals surface area contributed by atoms with Crippen LogP contribution in [0.15, 0.2) is 36.5 Å². The van der Waals surface area contributed by atoms with Crippen LogP contribution < -0.4 is 0 Å². The smallest absolute Gasteiger partial charge is 0.330 e. The highest BCUT2D eigenvalue weighted by Crippen LogP contribution is 2.18. The van der Waals surface area contributed by atoms with Crippen molar-refractivity contribution in [1.29, 1.82) is 0 Å². The summed E-state index contributed by atoms with van der Waals surface area (Å²) in [6.07, 6.45) is 0.594. The van der Waals surface area contributed by atoms with E-state index in [0.717, 1.165) is 0 Å². The highest BCUT2D eigenvalue weighted by molar-refractivity contribution is 5.85. The van der Waals surface area contributed by atoms with E-state index in [-0.39, 0.29) is 42.3 Å². The number of ketones is 1. The van der Waals surface area contributed by atoms with Gasteiger partial charge in [-0.1, -0.05) is 26.7 Å². The van der Waals surface area contributed by atoms with Crippen molar-refractivity contribution in [3.8, 4) is 0 Å². The number of hydrogen-bond acceptors (Lipinski definition) is 7. The van der Waals surface area contributed by atoms with Crippen molar-refractivity contribution in [2.24, 2.45) is 5.41 Å². The lowest BCUT2D eigenvalue weighted by Gasteiger charge is -2.24. The van der Waals surface area contributed by atoms with Crippen molar-refractivity contribution < 1.29 is 49.8 Å². The second-order valence-corrected chi connectivity index (χ2v) is 6.49. The van der Waals surface area contributed by atoms with Crippen LogP contribution in [0.25, 0.3) is 0 Å². The van der Waals surface area contributed by atoms with Gasteiger partial charge in [0.05, 0.1) is 19.8 Å². The lowest BCUT2D eigenvalue weighted by atomic mass is 9.88. The normalized spacial score (nSPS) is 8.68. The van der Waals surface area contributed by atoms with Crippen molar-refractivity contribution in [2.45, 2.75) is 48.0 Å². The average molecular weight is 451 g/mol. The first-order valence-corrected chi connectivity index (χ1v) is 8.87. The number of aliphatic hydroxyl groups is 3. The third kappa shape index (κ3) is 38.4. The Morgan fingerprint density at radius 3 is 0.742 bits per heavy atom. The van der Waals surface area contributed by atoms with Gasteiger partial charge < -0.3 is 35.4 Å². The molecular weight excluding hydrogens is 412 g/mol. The molecule has 10 heteroatoms. The van der Waals surface area contributed by atoms with E-state index in [2.05, 4.69) is 19.7 Å². The van der Waals surface area contributed by atoms with Crippen molar-refractivity contribution in [3.63, 3.8) is 0 Å². The van der Waals surface area contributed by atoms with E-state index in [0.29, 0.717) is 6.42 Å². The molecule has 31 heavy (non-hydrogen) atoms. The Bertz CT molecular complexity index is 472. The summed E-state index contributed by atoms with van der Waals surface area (Å²) in [5, 5.41) is 49.6. The monoisotopic (exact) mass is 450 g/mol. The van der Waals surface area contributed by atoms with Crippen molar-refractivity contribution in [2.75, 3.05) is 19.8 Å². The number of Topliss-reactive ketones (excluding diaryl/α,β-unsaturated/α-hetero) is 1. The molecule has 10 nitrogen and oxygen atoms in total. The van der Waals surface area contributed by atoms with Gasteiger partial charge in [-0.15, -0.1) is 0 Å². The van der Waals surface area contributed by atoms with Gasteiger partial charge in [0.2, 0.25) is 0 Å². The molecule has 182 valence electrons. The number of carbonyl (C=O) groups excluding carboxylic acids is 1. The molecule has 0 spiro atoms. The molecule has 0 aliphatic heterocycles. The summed E-state index contributed by atoms with van der Waals surface area (Å²) in [5.74, 6) is -2.64. The lowest BCUT2D eigenvalue weighted by Crippen LogP contribution is -2.32. The van der Waals surface area contributed by atoms with Gasteiger partial charge in [-0.05, 0) is 41.0 Å². The minimum atomic E-state index is -0.935. The molecular formula is C21H38O10. The highest BCUT2D eigenvalue weighted by Gasteiger charge is 2.24. The number of hydrogen-bond donors (Lipinski definition) is 6. The molecule has 0 rings (SSSR count). The standard InChI is InChI=1S/C6H14O3.3C4H6O2.C3H6O/c1-2-6(3-7,4-8)5-9;3*1-3(2)4(5)6;1-3(2)4/h7-9H,2-5H2,1H3;3*1H2,2H3,(H,5,6);1-2H3. The van der Waals surface area contributed by atoms with Crippen LogP contribution in [-0.4, -0.2) is 74.2 Å².